The molecule has 1 fully saturated rings. The van der Waals surface area contributed by atoms with Gasteiger partial charge in [0.25, 0.3) is 5.91 Å². The minimum absolute atomic E-state index is 0.0754. The van der Waals surface area contributed by atoms with Crippen molar-refractivity contribution in [3.63, 3.8) is 0 Å². The van der Waals surface area contributed by atoms with Gasteiger partial charge in [-0.2, -0.15) is 0 Å². The second-order valence-corrected chi connectivity index (χ2v) is 8.64. The van der Waals surface area contributed by atoms with E-state index in [0.717, 1.165) is 21.5 Å². The molecule has 0 spiro atoms. The fraction of sp³-hybridized carbons (Fsp3) is 0.348. The SMILES string of the molecule is Cc1cc2cc(C)c(SCC(=O)N3CCN(C(=O)c4ccco4)CC3)nc2cc1C. The van der Waals surface area contributed by atoms with Crippen LogP contribution in [0.1, 0.15) is 27.2 Å². The van der Waals surface area contributed by atoms with E-state index in [-0.39, 0.29) is 11.8 Å². The number of hydrogen-bond acceptors (Lipinski definition) is 5. The molecule has 156 valence electrons. The van der Waals surface area contributed by atoms with E-state index in [1.807, 2.05) is 11.8 Å². The van der Waals surface area contributed by atoms with Crippen LogP contribution in [0.2, 0.25) is 0 Å². The lowest BCUT2D eigenvalue weighted by atomic mass is 10.1. The maximum absolute atomic E-state index is 12.7. The summed E-state index contributed by atoms with van der Waals surface area (Å²) < 4.78 is 5.18. The van der Waals surface area contributed by atoms with Crippen LogP contribution >= 0.6 is 11.8 Å². The number of carbonyl (C=O) groups is 2. The van der Waals surface area contributed by atoms with Gasteiger partial charge in [-0.25, -0.2) is 4.98 Å². The van der Waals surface area contributed by atoms with Crippen LogP contribution < -0.4 is 0 Å². The van der Waals surface area contributed by atoms with Crippen molar-refractivity contribution in [1.29, 1.82) is 0 Å². The van der Waals surface area contributed by atoms with Crippen LogP contribution in [-0.2, 0) is 4.79 Å². The van der Waals surface area contributed by atoms with Gasteiger partial charge < -0.3 is 14.2 Å². The molecule has 3 aromatic rings. The highest BCUT2D eigenvalue weighted by Gasteiger charge is 2.26. The Hall–Kier alpha value is -2.80. The molecule has 4 rings (SSSR count). The second kappa shape index (κ2) is 8.52. The first-order valence-electron chi connectivity index (χ1n) is 10.0. The summed E-state index contributed by atoms with van der Waals surface area (Å²) in [5, 5.41) is 2.02. The average Bonchev–Trinajstić information content (AvgIpc) is 3.28. The first kappa shape index (κ1) is 20.5. The quantitative estimate of drug-likeness (QED) is 0.597. The van der Waals surface area contributed by atoms with Gasteiger partial charge in [0.15, 0.2) is 5.76 Å². The van der Waals surface area contributed by atoms with E-state index < -0.39 is 0 Å². The summed E-state index contributed by atoms with van der Waals surface area (Å²) in [7, 11) is 0. The number of pyridine rings is 1. The van der Waals surface area contributed by atoms with Crippen molar-refractivity contribution < 1.29 is 14.0 Å². The topological polar surface area (TPSA) is 66.7 Å². The molecule has 0 saturated carbocycles. The van der Waals surface area contributed by atoms with E-state index in [1.54, 1.807) is 17.0 Å². The summed E-state index contributed by atoms with van der Waals surface area (Å²) in [6.45, 7) is 8.33. The van der Waals surface area contributed by atoms with Gasteiger partial charge in [-0.3, -0.25) is 9.59 Å². The monoisotopic (exact) mass is 423 g/mol. The number of piperazine rings is 1. The zero-order chi connectivity index (χ0) is 21.3. The van der Waals surface area contributed by atoms with Crippen LogP contribution in [0.25, 0.3) is 10.9 Å². The molecule has 0 atom stereocenters. The normalized spacial score (nSPS) is 14.4. The van der Waals surface area contributed by atoms with Crippen LogP contribution in [0.5, 0.6) is 0 Å². The second-order valence-electron chi connectivity index (χ2n) is 7.68. The molecule has 0 N–H and O–H groups in total. The summed E-state index contributed by atoms with van der Waals surface area (Å²) in [5.74, 6) is 0.638. The highest BCUT2D eigenvalue weighted by Crippen LogP contribution is 2.26. The Bertz CT molecular complexity index is 1090. The number of amides is 2. The first-order chi connectivity index (χ1) is 14.4. The molecule has 1 aliphatic heterocycles. The maximum Gasteiger partial charge on any atom is 0.289 e. The lowest BCUT2D eigenvalue weighted by molar-refractivity contribution is -0.129. The fourth-order valence-corrected chi connectivity index (χ4v) is 4.50. The maximum atomic E-state index is 12.7. The molecule has 0 aliphatic carbocycles. The standard InChI is InChI=1S/C23H25N3O3S/c1-15-11-18-12-17(3)22(24-19(18)13-16(15)2)30-14-21(27)25-6-8-26(9-7-25)23(28)20-5-4-10-29-20/h4-5,10-13H,6-9,14H2,1-3H3. The van der Waals surface area contributed by atoms with Crippen LogP contribution in [0.4, 0.5) is 0 Å². The minimum Gasteiger partial charge on any atom is -0.459 e. The van der Waals surface area contributed by atoms with Crippen molar-refractivity contribution in [2.24, 2.45) is 0 Å². The Morgan fingerprint density at radius 2 is 1.67 bits per heavy atom. The number of aromatic nitrogens is 1. The van der Waals surface area contributed by atoms with E-state index in [0.29, 0.717) is 37.7 Å². The van der Waals surface area contributed by atoms with Crippen LogP contribution in [0.15, 0.2) is 46.0 Å². The lowest BCUT2D eigenvalue weighted by Crippen LogP contribution is -2.51. The van der Waals surface area contributed by atoms with E-state index in [1.165, 1.54) is 29.2 Å². The Balaban J connectivity index is 1.35. The highest BCUT2D eigenvalue weighted by atomic mass is 32.2. The van der Waals surface area contributed by atoms with E-state index in [9.17, 15) is 9.59 Å². The first-order valence-corrected chi connectivity index (χ1v) is 11.0. The molecule has 0 unspecified atom stereocenters. The van der Waals surface area contributed by atoms with Gasteiger partial charge in [-0.1, -0.05) is 11.8 Å². The third kappa shape index (κ3) is 4.21. The van der Waals surface area contributed by atoms with Crippen molar-refractivity contribution in [3.8, 4) is 0 Å². The Labute approximate surface area is 180 Å². The molecule has 0 bridgehead atoms. The molecule has 1 saturated heterocycles. The zero-order valence-corrected chi connectivity index (χ0v) is 18.3. The number of fused-ring (bicyclic) bond motifs is 1. The van der Waals surface area contributed by atoms with Gasteiger partial charge >= 0.3 is 0 Å². The van der Waals surface area contributed by atoms with Crippen LogP contribution in [-0.4, -0.2) is 58.5 Å². The average molecular weight is 424 g/mol. The van der Waals surface area contributed by atoms with Gasteiger partial charge in [-0.15, -0.1) is 0 Å². The molecule has 2 amide bonds. The Morgan fingerprint density at radius 3 is 2.37 bits per heavy atom. The van der Waals surface area contributed by atoms with E-state index in [4.69, 9.17) is 9.40 Å². The third-order valence-corrected chi connectivity index (χ3v) is 6.64. The van der Waals surface area contributed by atoms with Crippen molar-refractivity contribution in [1.82, 2.24) is 14.8 Å². The number of hydrogen-bond donors (Lipinski definition) is 0. The van der Waals surface area contributed by atoms with Crippen molar-refractivity contribution in [2.45, 2.75) is 25.8 Å². The number of nitrogens with zero attached hydrogens (tertiary/aromatic N) is 3. The zero-order valence-electron chi connectivity index (χ0n) is 17.5. The smallest absolute Gasteiger partial charge is 0.289 e. The number of carbonyl (C=O) groups excluding carboxylic acids is 2. The predicted molar refractivity (Wildman–Crippen MR) is 118 cm³/mol. The molecule has 3 heterocycles. The lowest BCUT2D eigenvalue weighted by Gasteiger charge is -2.34. The highest BCUT2D eigenvalue weighted by molar-refractivity contribution is 7.99. The summed E-state index contributed by atoms with van der Waals surface area (Å²) in [4.78, 5) is 33.4. The Morgan fingerprint density at radius 1 is 1.00 bits per heavy atom. The predicted octanol–water partition coefficient (Wildman–Crippen LogP) is 3.83. The van der Waals surface area contributed by atoms with E-state index >= 15 is 0 Å². The number of thioether (sulfide) groups is 1. The summed E-state index contributed by atoms with van der Waals surface area (Å²) >= 11 is 1.48. The van der Waals surface area contributed by atoms with Crippen LogP contribution in [0.3, 0.4) is 0 Å². The largest absolute Gasteiger partial charge is 0.459 e. The summed E-state index contributed by atoms with van der Waals surface area (Å²) in [6.07, 6.45) is 1.50. The van der Waals surface area contributed by atoms with Crippen LogP contribution in [0, 0.1) is 20.8 Å². The van der Waals surface area contributed by atoms with Crippen molar-refractivity contribution in [3.05, 3.63) is 59.0 Å². The van der Waals surface area contributed by atoms with Gasteiger partial charge in [-0.05, 0) is 67.8 Å². The van der Waals surface area contributed by atoms with Gasteiger partial charge in [0.1, 0.15) is 5.03 Å². The molecule has 7 heteroatoms. The number of aryl methyl sites for hydroxylation is 3. The molecular formula is C23H25N3O3S. The Kier molecular flexibility index (Phi) is 5.81. The molecule has 1 aromatic carbocycles. The summed E-state index contributed by atoms with van der Waals surface area (Å²) in [6, 6.07) is 9.77. The minimum atomic E-state index is -0.122. The third-order valence-electron chi connectivity index (χ3n) is 5.56. The van der Waals surface area contributed by atoms with Gasteiger partial charge in [0.05, 0.1) is 17.5 Å². The summed E-state index contributed by atoms with van der Waals surface area (Å²) in [5.41, 5.74) is 4.51. The number of benzene rings is 1. The molecule has 1 aliphatic rings. The molecule has 30 heavy (non-hydrogen) atoms. The molecule has 0 radical (unpaired) electrons. The number of furan rings is 1. The fourth-order valence-electron chi connectivity index (χ4n) is 3.61. The van der Waals surface area contributed by atoms with Crippen molar-refractivity contribution >= 4 is 34.5 Å². The van der Waals surface area contributed by atoms with Crippen molar-refractivity contribution in [2.75, 3.05) is 31.9 Å². The molecular weight excluding hydrogens is 398 g/mol. The number of rotatable bonds is 4. The van der Waals surface area contributed by atoms with Gasteiger partial charge in [0, 0.05) is 31.6 Å². The molecule has 6 nitrogen and oxygen atoms in total. The van der Waals surface area contributed by atoms with E-state index in [2.05, 4.69) is 32.0 Å². The molecule has 2 aromatic heterocycles. The van der Waals surface area contributed by atoms with Gasteiger partial charge in [0.2, 0.25) is 5.91 Å².